The number of sulfonamides is 1. The smallest absolute Gasteiger partial charge is 0.250 e. The minimum Gasteiger partial charge on any atom is -0.285 e. The summed E-state index contributed by atoms with van der Waals surface area (Å²) < 4.78 is 29.0. The standard InChI is InChI=1S/C12H12N4O2S2/c1-9(15-20(17,18)11-6-4-8-19-11)12-14-13-10-5-2-3-7-16(10)12/h2-9,15H,1H3/t9-/m0/s1. The third-order valence-corrected chi connectivity index (χ3v) is 5.76. The molecule has 3 aromatic rings. The van der Waals surface area contributed by atoms with E-state index in [0.717, 1.165) is 0 Å². The second-order valence-electron chi connectivity index (χ2n) is 4.26. The van der Waals surface area contributed by atoms with Crippen LogP contribution in [0.25, 0.3) is 5.65 Å². The summed E-state index contributed by atoms with van der Waals surface area (Å²) in [6.07, 6.45) is 1.81. The van der Waals surface area contributed by atoms with Crippen molar-refractivity contribution in [2.75, 3.05) is 0 Å². The number of nitrogens with one attached hydrogen (secondary N) is 1. The minimum atomic E-state index is -3.52. The van der Waals surface area contributed by atoms with E-state index in [1.165, 1.54) is 11.3 Å². The lowest BCUT2D eigenvalue weighted by molar-refractivity contribution is 0.560. The van der Waals surface area contributed by atoms with Gasteiger partial charge in [0.05, 0.1) is 6.04 Å². The normalized spacial score (nSPS) is 13.7. The molecule has 0 radical (unpaired) electrons. The number of fused-ring (bicyclic) bond motifs is 1. The van der Waals surface area contributed by atoms with Gasteiger partial charge in [0.2, 0.25) is 0 Å². The molecule has 0 unspecified atom stereocenters. The van der Waals surface area contributed by atoms with Gasteiger partial charge in [0.1, 0.15) is 4.21 Å². The monoisotopic (exact) mass is 308 g/mol. The Balaban J connectivity index is 1.92. The first-order valence-corrected chi connectivity index (χ1v) is 8.30. The first-order valence-electron chi connectivity index (χ1n) is 5.93. The predicted octanol–water partition coefficient (Wildman–Crippen LogP) is 1.83. The van der Waals surface area contributed by atoms with Crippen LogP contribution in [0.3, 0.4) is 0 Å². The lowest BCUT2D eigenvalue weighted by Gasteiger charge is -2.11. The summed E-state index contributed by atoms with van der Waals surface area (Å²) in [7, 11) is -3.52. The van der Waals surface area contributed by atoms with Crippen molar-refractivity contribution in [2.45, 2.75) is 17.2 Å². The van der Waals surface area contributed by atoms with Crippen LogP contribution in [0.1, 0.15) is 18.8 Å². The molecule has 0 bridgehead atoms. The Labute approximate surface area is 120 Å². The van der Waals surface area contributed by atoms with E-state index in [1.54, 1.807) is 35.0 Å². The fourth-order valence-corrected chi connectivity index (χ4v) is 4.13. The maximum atomic E-state index is 12.2. The highest BCUT2D eigenvalue weighted by Gasteiger charge is 2.22. The minimum absolute atomic E-state index is 0.290. The van der Waals surface area contributed by atoms with Gasteiger partial charge in [-0.25, -0.2) is 8.42 Å². The van der Waals surface area contributed by atoms with Gasteiger partial charge in [0.15, 0.2) is 11.5 Å². The Bertz CT molecular complexity index is 824. The molecular weight excluding hydrogens is 296 g/mol. The Morgan fingerprint density at radius 2 is 2.10 bits per heavy atom. The van der Waals surface area contributed by atoms with Crippen molar-refractivity contribution >= 4 is 27.0 Å². The van der Waals surface area contributed by atoms with Crippen LogP contribution < -0.4 is 4.72 Å². The molecule has 0 spiro atoms. The number of hydrogen-bond donors (Lipinski definition) is 1. The van der Waals surface area contributed by atoms with Crippen molar-refractivity contribution < 1.29 is 8.42 Å². The Morgan fingerprint density at radius 1 is 1.25 bits per heavy atom. The van der Waals surface area contributed by atoms with Gasteiger partial charge in [-0.3, -0.25) is 4.40 Å². The molecule has 3 aromatic heterocycles. The first kappa shape index (κ1) is 13.2. The van der Waals surface area contributed by atoms with Crippen molar-refractivity contribution in [3.63, 3.8) is 0 Å². The van der Waals surface area contributed by atoms with Crippen LogP contribution in [-0.2, 0) is 10.0 Å². The van der Waals surface area contributed by atoms with E-state index < -0.39 is 16.1 Å². The lowest BCUT2D eigenvalue weighted by atomic mass is 10.3. The van der Waals surface area contributed by atoms with Crippen molar-refractivity contribution in [2.24, 2.45) is 0 Å². The molecule has 0 aliphatic carbocycles. The van der Waals surface area contributed by atoms with Crippen LogP contribution in [0.2, 0.25) is 0 Å². The van der Waals surface area contributed by atoms with Gasteiger partial charge in [-0.05, 0) is 30.5 Å². The Kier molecular flexibility index (Phi) is 3.28. The van der Waals surface area contributed by atoms with E-state index in [0.29, 0.717) is 11.5 Å². The van der Waals surface area contributed by atoms with Crippen LogP contribution >= 0.6 is 11.3 Å². The predicted molar refractivity (Wildman–Crippen MR) is 76.0 cm³/mol. The summed E-state index contributed by atoms with van der Waals surface area (Å²) in [6.45, 7) is 1.74. The Morgan fingerprint density at radius 3 is 2.85 bits per heavy atom. The highest BCUT2D eigenvalue weighted by atomic mass is 32.2. The molecule has 1 atom stereocenters. The number of thiophene rings is 1. The SMILES string of the molecule is C[C@H](NS(=O)(=O)c1cccs1)c1nnc2ccccn12. The van der Waals surface area contributed by atoms with Crippen LogP contribution in [0.5, 0.6) is 0 Å². The van der Waals surface area contributed by atoms with E-state index in [1.807, 2.05) is 18.2 Å². The van der Waals surface area contributed by atoms with E-state index in [2.05, 4.69) is 14.9 Å². The van der Waals surface area contributed by atoms with Gasteiger partial charge in [-0.2, -0.15) is 4.72 Å². The van der Waals surface area contributed by atoms with E-state index in [9.17, 15) is 8.42 Å². The van der Waals surface area contributed by atoms with Crippen molar-refractivity contribution in [1.82, 2.24) is 19.3 Å². The average Bonchev–Trinajstić information content (AvgIpc) is 3.08. The summed E-state index contributed by atoms with van der Waals surface area (Å²) in [5.41, 5.74) is 0.685. The molecule has 3 rings (SSSR count). The van der Waals surface area contributed by atoms with E-state index in [-0.39, 0.29) is 4.21 Å². The zero-order chi connectivity index (χ0) is 14.2. The molecule has 104 valence electrons. The van der Waals surface area contributed by atoms with Crippen molar-refractivity contribution in [1.29, 1.82) is 0 Å². The van der Waals surface area contributed by atoms with Gasteiger partial charge in [-0.1, -0.05) is 12.1 Å². The molecule has 8 heteroatoms. The second kappa shape index (κ2) is 4.97. The van der Waals surface area contributed by atoms with Crippen LogP contribution in [0.15, 0.2) is 46.1 Å². The third kappa shape index (κ3) is 2.33. The number of pyridine rings is 1. The molecular formula is C12H12N4O2S2. The maximum absolute atomic E-state index is 12.2. The second-order valence-corrected chi connectivity index (χ2v) is 7.15. The molecule has 20 heavy (non-hydrogen) atoms. The fraction of sp³-hybridized carbons (Fsp3) is 0.167. The van der Waals surface area contributed by atoms with Crippen molar-refractivity contribution in [3.05, 3.63) is 47.7 Å². The third-order valence-electron chi connectivity index (χ3n) is 2.82. The van der Waals surface area contributed by atoms with E-state index in [4.69, 9.17) is 0 Å². The number of nitrogens with zero attached hydrogens (tertiary/aromatic N) is 3. The molecule has 0 saturated heterocycles. The molecule has 0 aliphatic heterocycles. The zero-order valence-corrected chi connectivity index (χ0v) is 12.2. The summed E-state index contributed by atoms with van der Waals surface area (Å²) in [4.78, 5) is 0. The first-order chi connectivity index (χ1) is 9.58. The quantitative estimate of drug-likeness (QED) is 0.798. The summed E-state index contributed by atoms with van der Waals surface area (Å²) in [6, 6.07) is 8.32. The topological polar surface area (TPSA) is 76.4 Å². The number of rotatable bonds is 4. The largest absolute Gasteiger partial charge is 0.285 e. The molecule has 6 nitrogen and oxygen atoms in total. The number of hydrogen-bond acceptors (Lipinski definition) is 5. The van der Waals surface area contributed by atoms with Crippen LogP contribution in [-0.4, -0.2) is 23.0 Å². The van der Waals surface area contributed by atoms with Gasteiger partial charge >= 0.3 is 0 Å². The zero-order valence-electron chi connectivity index (χ0n) is 10.6. The molecule has 0 aliphatic rings. The van der Waals surface area contributed by atoms with Gasteiger partial charge < -0.3 is 0 Å². The summed E-state index contributed by atoms with van der Waals surface area (Å²) in [5, 5.41) is 9.79. The molecule has 0 saturated carbocycles. The van der Waals surface area contributed by atoms with Crippen LogP contribution in [0.4, 0.5) is 0 Å². The van der Waals surface area contributed by atoms with Gasteiger partial charge in [-0.15, -0.1) is 21.5 Å². The van der Waals surface area contributed by atoms with E-state index >= 15 is 0 Å². The molecule has 1 N–H and O–H groups in total. The number of aromatic nitrogens is 3. The van der Waals surface area contributed by atoms with Gasteiger partial charge in [0.25, 0.3) is 10.0 Å². The van der Waals surface area contributed by atoms with Crippen molar-refractivity contribution in [3.8, 4) is 0 Å². The summed E-state index contributed by atoms with van der Waals surface area (Å²) >= 11 is 1.18. The average molecular weight is 308 g/mol. The maximum Gasteiger partial charge on any atom is 0.250 e. The highest BCUT2D eigenvalue weighted by Crippen LogP contribution is 2.19. The van der Waals surface area contributed by atoms with Crippen LogP contribution in [0, 0.1) is 0 Å². The lowest BCUT2D eigenvalue weighted by Crippen LogP contribution is -2.27. The molecule has 3 heterocycles. The van der Waals surface area contributed by atoms with Gasteiger partial charge in [0, 0.05) is 6.20 Å². The molecule has 0 amide bonds. The fourth-order valence-electron chi connectivity index (χ4n) is 1.92. The molecule has 0 fully saturated rings. The molecule has 0 aromatic carbocycles. The Hall–Kier alpha value is -1.77. The summed E-state index contributed by atoms with van der Waals surface area (Å²) in [5.74, 6) is 0.556. The highest BCUT2D eigenvalue weighted by molar-refractivity contribution is 7.91.